The Labute approximate surface area is 412 Å². The molecule has 0 bridgehead atoms. The second kappa shape index (κ2) is 54.7. The average molecular weight is 929 g/mol. The molecule has 67 heavy (non-hydrogen) atoms. The second-order valence-electron chi connectivity index (χ2n) is 17.7. The van der Waals surface area contributed by atoms with Gasteiger partial charge in [0.1, 0.15) is 13.2 Å². The minimum Gasteiger partial charge on any atom is -0.462 e. The van der Waals surface area contributed by atoms with Crippen LogP contribution in [0.4, 0.5) is 0 Å². The molecule has 0 aromatic rings. The molecule has 0 heterocycles. The van der Waals surface area contributed by atoms with E-state index in [9.17, 15) is 14.4 Å². The van der Waals surface area contributed by atoms with Gasteiger partial charge < -0.3 is 14.2 Å². The second-order valence-corrected chi connectivity index (χ2v) is 17.7. The molecule has 0 amide bonds. The summed E-state index contributed by atoms with van der Waals surface area (Å²) in [6.07, 6.45) is 73.5. The van der Waals surface area contributed by atoms with Gasteiger partial charge in [0, 0.05) is 19.3 Å². The van der Waals surface area contributed by atoms with Crippen molar-refractivity contribution in [2.75, 3.05) is 13.2 Å². The topological polar surface area (TPSA) is 78.9 Å². The molecule has 0 spiro atoms. The van der Waals surface area contributed by atoms with Crippen LogP contribution >= 0.6 is 0 Å². The van der Waals surface area contributed by atoms with Gasteiger partial charge in [-0.25, -0.2) is 0 Å². The lowest BCUT2D eigenvalue weighted by atomic mass is 10.1. The lowest BCUT2D eigenvalue weighted by Gasteiger charge is -2.18. The molecule has 6 nitrogen and oxygen atoms in total. The molecule has 0 rings (SSSR count). The Bertz CT molecular complexity index is 1390. The third-order valence-corrected chi connectivity index (χ3v) is 11.2. The summed E-state index contributed by atoms with van der Waals surface area (Å²) in [5.74, 6) is -0.954. The first-order valence-electron chi connectivity index (χ1n) is 27.4. The Morgan fingerprint density at radius 1 is 0.313 bits per heavy atom. The number of hydrogen-bond acceptors (Lipinski definition) is 6. The van der Waals surface area contributed by atoms with Crippen LogP contribution < -0.4 is 0 Å². The molecule has 1 unspecified atom stereocenters. The summed E-state index contributed by atoms with van der Waals surface area (Å²) in [6, 6.07) is 0. The zero-order valence-electron chi connectivity index (χ0n) is 43.4. The molecule has 6 heteroatoms. The number of rotatable bonds is 48. The largest absolute Gasteiger partial charge is 0.462 e. The smallest absolute Gasteiger partial charge is 0.306 e. The van der Waals surface area contributed by atoms with Gasteiger partial charge >= 0.3 is 17.9 Å². The summed E-state index contributed by atoms with van der Waals surface area (Å²) in [4.78, 5) is 38.1. The first-order valence-corrected chi connectivity index (χ1v) is 27.4. The normalized spacial score (nSPS) is 12.9. The van der Waals surface area contributed by atoms with Gasteiger partial charge in [0.05, 0.1) is 0 Å². The Morgan fingerprint density at radius 3 is 0.970 bits per heavy atom. The van der Waals surface area contributed by atoms with Crippen LogP contribution in [0.2, 0.25) is 0 Å². The molecule has 0 N–H and O–H groups in total. The maximum atomic E-state index is 12.8. The highest BCUT2D eigenvalue weighted by Gasteiger charge is 2.19. The van der Waals surface area contributed by atoms with Crippen molar-refractivity contribution in [3.05, 3.63) is 109 Å². The van der Waals surface area contributed by atoms with Crippen molar-refractivity contribution < 1.29 is 28.6 Å². The Hall–Kier alpha value is -3.93. The molecule has 0 radical (unpaired) electrons. The number of ether oxygens (including phenoxy) is 3. The molecule has 1 atom stereocenters. The minimum absolute atomic E-state index is 0.102. The third-order valence-electron chi connectivity index (χ3n) is 11.2. The number of carbonyl (C=O) groups is 3. The van der Waals surface area contributed by atoms with Crippen LogP contribution in [0, 0.1) is 0 Å². The number of hydrogen-bond donors (Lipinski definition) is 0. The highest BCUT2D eigenvalue weighted by molar-refractivity contribution is 5.71. The van der Waals surface area contributed by atoms with E-state index >= 15 is 0 Å². The van der Waals surface area contributed by atoms with Crippen molar-refractivity contribution in [3.63, 3.8) is 0 Å². The van der Waals surface area contributed by atoms with Crippen LogP contribution in [0.3, 0.4) is 0 Å². The van der Waals surface area contributed by atoms with E-state index in [2.05, 4.69) is 130 Å². The van der Waals surface area contributed by atoms with Gasteiger partial charge in [-0.15, -0.1) is 0 Å². The number of esters is 3. The standard InChI is InChI=1S/C61H100O6/c1-4-7-10-13-16-19-22-25-27-29-30-32-33-36-39-42-45-48-51-54-60(63)66-57-58(56-65-59(62)53-50-47-44-41-38-35-24-21-18-15-12-9-6-3)67-61(64)55-52-49-46-43-40-37-34-31-28-26-23-20-17-14-11-8-5-2/h8,11-12,15-17,19-21,24-28,30,32,34,37,58H,4-7,9-10,13-14,18,22-23,29,31,33,35-36,38-57H2,1-3H3/b11-8-,15-12-,19-16-,20-17-,24-21-,27-25-,28-26-,32-30-,37-34-. The zero-order chi connectivity index (χ0) is 48.6. The summed E-state index contributed by atoms with van der Waals surface area (Å²) >= 11 is 0. The first-order chi connectivity index (χ1) is 33.0. The van der Waals surface area contributed by atoms with Crippen molar-refractivity contribution in [2.24, 2.45) is 0 Å². The van der Waals surface area contributed by atoms with Crippen molar-refractivity contribution in [1.82, 2.24) is 0 Å². The van der Waals surface area contributed by atoms with Crippen LogP contribution in [-0.4, -0.2) is 37.2 Å². The lowest BCUT2D eigenvalue weighted by molar-refractivity contribution is -0.167. The van der Waals surface area contributed by atoms with Gasteiger partial charge in [0.25, 0.3) is 0 Å². The van der Waals surface area contributed by atoms with Crippen molar-refractivity contribution >= 4 is 17.9 Å². The molecule has 0 aromatic heterocycles. The van der Waals surface area contributed by atoms with Gasteiger partial charge in [0.15, 0.2) is 6.10 Å². The van der Waals surface area contributed by atoms with E-state index in [0.29, 0.717) is 19.3 Å². The van der Waals surface area contributed by atoms with Crippen LogP contribution in [-0.2, 0) is 28.6 Å². The summed E-state index contributed by atoms with van der Waals surface area (Å²) in [5.41, 5.74) is 0. The van der Waals surface area contributed by atoms with Crippen LogP contribution in [0.25, 0.3) is 0 Å². The molecular weight excluding hydrogens is 829 g/mol. The highest BCUT2D eigenvalue weighted by atomic mass is 16.6. The number of allylic oxidation sites excluding steroid dienone is 18. The summed E-state index contributed by atoms with van der Waals surface area (Å²) in [5, 5.41) is 0. The van der Waals surface area contributed by atoms with Crippen LogP contribution in [0.1, 0.15) is 239 Å². The Morgan fingerprint density at radius 2 is 0.612 bits per heavy atom. The SMILES string of the molecule is CC/C=C\C/C=C\C/C=C\C/C=C\CCCCCCC(=O)OC(COC(=O)CCCCCCC/C=C\C/C=C\CCC)COC(=O)CCCCCCCC/C=C\C/C=C\C/C=C\CCCCC. The molecule has 0 saturated carbocycles. The molecule has 0 fully saturated rings. The summed E-state index contributed by atoms with van der Waals surface area (Å²) in [7, 11) is 0. The predicted octanol–water partition coefficient (Wildman–Crippen LogP) is 18.3. The third kappa shape index (κ3) is 52.9. The molecule has 0 saturated heterocycles. The zero-order valence-corrected chi connectivity index (χ0v) is 43.4. The fraction of sp³-hybridized carbons (Fsp3) is 0.656. The predicted molar refractivity (Wildman–Crippen MR) is 288 cm³/mol. The van der Waals surface area contributed by atoms with E-state index in [1.165, 1.54) is 44.9 Å². The van der Waals surface area contributed by atoms with Gasteiger partial charge in [-0.3, -0.25) is 14.4 Å². The molecule has 0 aliphatic heterocycles. The molecular formula is C61H100O6. The van der Waals surface area contributed by atoms with Gasteiger partial charge in [-0.1, -0.05) is 207 Å². The van der Waals surface area contributed by atoms with Crippen molar-refractivity contribution in [1.29, 1.82) is 0 Å². The number of unbranched alkanes of at least 4 members (excludes halogenated alkanes) is 19. The highest BCUT2D eigenvalue weighted by Crippen LogP contribution is 2.13. The first kappa shape index (κ1) is 63.1. The maximum absolute atomic E-state index is 12.8. The molecule has 0 aliphatic rings. The Balaban J connectivity index is 4.47. The molecule has 380 valence electrons. The number of carbonyl (C=O) groups excluding carboxylic acids is 3. The van der Waals surface area contributed by atoms with Gasteiger partial charge in [-0.05, 0) is 122 Å². The minimum atomic E-state index is -0.805. The van der Waals surface area contributed by atoms with Crippen LogP contribution in [0.15, 0.2) is 109 Å². The fourth-order valence-electron chi connectivity index (χ4n) is 7.12. The van der Waals surface area contributed by atoms with E-state index in [-0.39, 0.29) is 31.1 Å². The average Bonchev–Trinajstić information content (AvgIpc) is 3.33. The molecule has 0 aromatic carbocycles. The summed E-state index contributed by atoms with van der Waals surface area (Å²) in [6.45, 7) is 6.38. The van der Waals surface area contributed by atoms with E-state index in [1.54, 1.807) is 0 Å². The van der Waals surface area contributed by atoms with Crippen molar-refractivity contribution in [2.45, 2.75) is 245 Å². The molecule has 0 aliphatic carbocycles. The van der Waals surface area contributed by atoms with E-state index in [4.69, 9.17) is 14.2 Å². The summed E-state index contributed by atoms with van der Waals surface area (Å²) < 4.78 is 16.8. The van der Waals surface area contributed by atoms with E-state index in [0.717, 1.165) is 154 Å². The lowest BCUT2D eigenvalue weighted by Crippen LogP contribution is -2.30. The van der Waals surface area contributed by atoms with Gasteiger partial charge in [-0.2, -0.15) is 0 Å². The van der Waals surface area contributed by atoms with Crippen molar-refractivity contribution in [3.8, 4) is 0 Å². The quantitative estimate of drug-likeness (QED) is 0.0262. The fourth-order valence-corrected chi connectivity index (χ4v) is 7.12. The maximum Gasteiger partial charge on any atom is 0.306 e. The van der Waals surface area contributed by atoms with Gasteiger partial charge in [0.2, 0.25) is 0 Å². The monoisotopic (exact) mass is 929 g/mol. The van der Waals surface area contributed by atoms with E-state index in [1.807, 2.05) is 0 Å². The van der Waals surface area contributed by atoms with Crippen LogP contribution in [0.5, 0.6) is 0 Å². The Kier molecular flexibility index (Phi) is 51.5. The van der Waals surface area contributed by atoms with E-state index < -0.39 is 6.10 Å².